The van der Waals surface area contributed by atoms with Gasteiger partial charge in [0.15, 0.2) is 0 Å². The van der Waals surface area contributed by atoms with Gasteiger partial charge in [0.25, 0.3) is 5.91 Å². The summed E-state index contributed by atoms with van der Waals surface area (Å²) < 4.78 is 11.4. The van der Waals surface area contributed by atoms with E-state index in [4.69, 9.17) is 9.47 Å². The van der Waals surface area contributed by atoms with Gasteiger partial charge in [0.1, 0.15) is 10.6 Å². The lowest BCUT2D eigenvalue weighted by Gasteiger charge is -2.15. The molecule has 0 unspecified atom stereocenters. The number of aromatic nitrogens is 1. The maximum atomic E-state index is 12.2. The zero-order chi connectivity index (χ0) is 16.9. The lowest BCUT2D eigenvalue weighted by molar-refractivity contribution is 0.0954. The Morgan fingerprint density at radius 3 is 3.04 bits per heavy atom. The summed E-state index contributed by atoms with van der Waals surface area (Å²) in [4.78, 5) is 17.0. The molecule has 3 rings (SSSR count). The molecule has 0 spiro atoms. The predicted octanol–water partition coefficient (Wildman–Crippen LogP) is 3.11. The highest BCUT2D eigenvalue weighted by Crippen LogP contribution is 2.23. The average molecular weight is 346 g/mol. The smallest absolute Gasteiger partial charge is 0.263 e. The molecule has 1 saturated heterocycles. The van der Waals surface area contributed by atoms with Crippen LogP contribution in [0, 0.1) is 19.8 Å². The van der Waals surface area contributed by atoms with Crippen LogP contribution in [0.15, 0.2) is 23.7 Å². The molecule has 1 amide bonds. The Kier molecular flexibility index (Phi) is 5.48. The molecule has 0 bridgehead atoms. The van der Waals surface area contributed by atoms with E-state index in [-0.39, 0.29) is 5.91 Å². The fourth-order valence-electron chi connectivity index (χ4n) is 2.64. The van der Waals surface area contributed by atoms with E-state index in [0.29, 0.717) is 23.9 Å². The fraction of sp³-hybridized carbons (Fsp3) is 0.444. The number of rotatable bonds is 6. The molecule has 0 saturated carbocycles. The second kappa shape index (κ2) is 7.77. The van der Waals surface area contributed by atoms with Gasteiger partial charge in [-0.2, -0.15) is 0 Å². The lowest BCUT2D eigenvalue weighted by atomic mass is 10.1. The zero-order valence-electron chi connectivity index (χ0n) is 14.0. The van der Waals surface area contributed by atoms with Gasteiger partial charge in [-0.1, -0.05) is 12.1 Å². The second-order valence-corrected chi connectivity index (χ2v) is 6.96. The summed E-state index contributed by atoms with van der Waals surface area (Å²) in [7, 11) is 0. The third kappa shape index (κ3) is 4.13. The SMILES string of the molecule is Cc1ccc(CNC(=O)c2scnc2C)c(OC[C@@H]2CCOC2)c1. The van der Waals surface area contributed by atoms with Crippen molar-refractivity contribution in [2.75, 3.05) is 19.8 Å². The Balaban J connectivity index is 1.63. The molecule has 1 aliphatic rings. The van der Waals surface area contributed by atoms with Crippen LogP contribution in [0.5, 0.6) is 5.75 Å². The van der Waals surface area contributed by atoms with Gasteiger partial charge in [-0.3, -0.25) is 4.79 Å². The first-order valence-electron chi connectivity index (χ1n) is 8.12. The Morgan fingerprint density at radius 1 is 1.46 bits per heavy atom. The number of ether oxygens (including phenoxy) is 2. The van der Waals surface area contributed by atoms with Gasteiger partial charge in [0, 0.05) is 24.6 Å². The minimum atomic E-state index is -0.0919. The van der Waals surface area contributed by atoms with Gasteiger partial charge in [0.05, 0.1) is 24.4 Å². The number of hydrogen-bond acceptors (Lipinski definition) is 5. The van der Waals surface area contributed by atoms with Crippen LogP contribution in [0.4, 0.5) is 0 Å². The molecule has 1 aromatic carbocycles. The molecule has 128 valence electrons. The van der Waals surface area contributed by atoms with E-state index in [9.17, 15) is 4.79 Å². The minimum absolute atomic E-state index is 0.0919. The van der Waals surface area contributed by atoms with Crippen LogP contribution in [0.3, 0.4) is 0 Å². The molecule has 6 heteroatoms. The molecular weight excluding hydrogens is 324 g/mol. The largest absolute Gasteiger partial charge is 0.493 e. The van der Waals surface area contributed by atoms with Crippen molar-refractivity contribution in [1.29, 1.82) is 0 Å². The normalized spacial score (nSPS) is 17.0. The molecule has 1 N–H and O–H groups in total. The molecule has 2 aromatic rings. The van der Waals surface area contributed by atoms with Crippen LogP contribution in [0.1, 0.15) is 32.9 Å². The first kappa shape index (κ1) is 16.9. The highest BCUT2D eigenvalue weighted by atomic mass is 32.1. The quantitative estimate of drug-likeness (QED) is 0.873. The molecular formula is C18H22N2O3S. The number of benzene rings is 1. The summed E-state index contributed by atoms with van der Waals surface area (Å²) in [6.07, 6.45) is 1.04. The summed E-state index contributed by atoms with van der Waals surface area (Å²) in [5, 5.41) is 2.96. The number of hydrogen-bond donors (Lipinski definition) is 1. The molecule has 0 aliphatic carbocycles. The van der Waals surface area contributed by atoms with E-state index in [2.05, 4.69) is 10.3 Å². The summed E-state index contributed by atoms with van der Waals surface area (Å²) >= 11 is 1.36. The Hall–Kier alpha value is -1.92. The van der Waals surface area contributed by atoms with Gasteiger partial charge in [-0.05, 0) is 31.9 Å². The van der Waals surface area contributed by atoms with E-state index in [1.54, 1.807) is 5.51 Å². The highest BCUT2D eigenvalue weighted by molar-refractivity contribution is 7.11. The fourth-order valence-corrected chi connectivity index (χ4v) is 3.36. The predicted molar refractivity (Wildman–Crippen MR) is 93.6 cm³/mol. The zero-order valence-corrected chi connectivity index (χ0v) is 14.8. The number of aryl methyl sites for hydroxylation is 2. The number of carbonyl (C=O) groups is 1. The van der Waals surface area contributed by atoms with Gasteiger partial charge < -0.3 is 14.8 Å². The van der Waals surface area contributed by atoms with Crippen molar-refractivity contribution in [2.45, 2.75) is 26.8 Å². The van der Waals surface area contributed by atoms with E-state index in [1.807, 2.05) is 32.0 Å². The molecule has 1 aromatic heterocycles. The Morgan fingerprint density at radius 2 is 2.33 bits per heavy atom. The molecule has 1 aliphatic heterocycles. The Labute approximate surface area is 146 Å². The van der Waals surface area contributed by atoms with Crippen LogP contribution in [-0.4, -0.2) is 30.7 Å². The van der Waals surface area contributed by atoms with Gasteiger partial charge in [-0.15, -0.1) is 11.3 Å². The van der Waals surface area contributed by atoms with Crippen LogP contribution in [0.2, 0.25) is 0 Å². The van der Waals surface area contributed by atoms with Crippen LogP contribution >= 0.6 is 11.3 Å². The van der Waals surface area contributed by atoms with Crippen LogP contribution in [0.25, 0.3) is 0 Å². The Bertz CT molecular complexity index is 708. The van der Waals surface area contributed by atoms with Crippen molar-refractivity contribution in [3.05, 3.63) is 45.4 Å². The highest BCUT2D eigenvalue weighted by Gasteiger charge is 2.17. The van der Waals surface area contributed by atoms with E-state index >= 15 is 0 Å². The third-order valence-electron chi connectivity index (χ3n) is 4.11. The first-order chi connectivity index (χ1) is 11.6. The number of nitrogens with one attached hydrogen (secondary N) is 1. The van der Waals surface area contributed by atoms with Crippen molar-refractivity contribution in [3.8, 4) is 5.75 Å². The molecule has 1 atom stereocenters. The number of thiazole rings is 1. The van der Waals surface area contributed by atoms with Crippen LogP contribution in [-0.2, 0) is 11.3 Å². The maximum absolute atomic E-state index is 12.2. The minimum Gasteiger partial charge on any atom is -0.493 e. The molecule has 24 heavy (non-hydrogen) atoms. The molecule has 1 fully saturated rings. The molecule has 5 nitrogen and oxygen atoms in total. The maximum Gasteiger partial charge on any atom is 0.263 e. The molecule has 2 heterocycles. The monoisotopic (exact) mass is 346 g/mol. The van der Waals surface area contributed by atoms with Crippen molar-refractivity contribution >= 4 is 17.2 Å². The summed E-state index contributed by atoms with van der Waals surface area (Å²) in [6.45, 7) is 6.55. The number of carbonyl (C=O) groups excluding carboxylic acids is 1. The summed E-state index contributed by atoms with van der Waals surface area (Å²) in [5.41, 5.74) is 4.57. The second-order valence-electron chi connectivity index (χ2n) is 6.10. The van der Waals surface area contributed by atoms with Gasteiger partial charge >= 0.3 is 0 Å². The summed E-state index contributed by atoms with van der Waals surface area (Å²) in [5.74, 6) is 1.20. The first-order valence-corrected chi connectivity index (χ1v) is 9.00. The molecule has 0 radical (unpaired) electrons. The van der Waals surface area contributed by atoms with Crippen molar-refractivity contribution in [1.82, 2.24) is 10.3 Å². The van der Waals surface area contributed by atoms with Crippen LogP contribution < -0.4 is 10.1 Å². The van der Waals surface area contributed by atoms with E-state index in [0.717, 1.165) is 42.2 Å². The lowest BCUT2D eigenvalue weighted by Crippen LogP contribution is -2.23. The topological polar surface area (TPSA) is 60.5 Å². The number of amides is 1. The third-order valence-corrected chi connectivity index (χ3v) is 5.04. The van der Waals surface area contributed by atoms with Gasteiger partial charge in [0.2, 0.25) is 0 Å². The van der Waals surface area contributed by atoms with Gasteiger partial charge in [-0.25, -0.2) is 4.98 Å². The standard InChI is InChI=1S/C18H22N2O3S/c1-12-3-4-15(8-19-18(21)17-13(2)20-11-24-17)16(7-12)23-10-14-5-6-22-9-14/h3-4,7,11,14H,5-6,8-10H2,1-2H3,(H,19,21)/t14-/m1/s1. The van der Waals surface area contributed by atoms with Crippen molar-refractivity contribution in [2.24, 2.45) is 5.92 Å². The number of nitrogens with zero attached hydrogens (tertiary/aromatic N) is 1. The van der Waals surface area contributed by atoms with E-state index in [1.165, 1.54) is 11.3 Å². The average Bonchev–Trinajstić information content (AvgIpc) is 3.23. The summed E-state index contributed by atoms with van der Waals surface area (Å²) in [6, 6.07) is 6.07. The van der Waals surface area contributed by atoms with Crippen molar-refractivity contribution < 1.29 is 14.3 Å². The van der Waals surface area contributed by atoms with E-state index < -0.39 is 0 Å². The van der Waals surface area contributed by atoms with Crippen molar-refractivity contribution in [3.63, 3.8) is 0 Å².